The van der Waals surface area contributed by atoms with Gasteiger partial charge in [0.05, 0.1) is 11.3 Å². The maximum atomic E-state index is 12.5. The summed E-state index contributed by atoms with van der Waals surface area (Å²) in [5.74, 6) is 0.644. The van der Waals surface area contributed by atoms with Crippen molar-refractivity contribution >= 4 is 5.82 Å². The molecule has 0 atom stereocenters. The van der Waals surface area contributed by atoms with Gasteiger partial charge in [-0.15, -0.1) is 5.10 Å². The molecule has 2 N–H and O–H groups in total. The Morgan fingerprint density at radius 3 is 2.25 bits per heavy atom. The number of alkyl halides is 3. The van der Waals surface area contributed by atoms with Crippen LogP contribution in [0.2, 0.25) is 0 Å². The van der Waals surface area contributed by atoms with E-state index in [4.69, 9.17) is 5.73 Å². The lowest BCUT2D eigenvalue weighted by atomic mass is 10.0. The summed E-state index contributed by atoms with van der Waals surface area (Å²) in [4.78, 5) is 0. The highest BCUT2D eigenvalue weighted by Gasteiger charge is 2.30. The van der Waals surface area contributed by atoms with Gasteiger partial charge < -0.3 is 5.73 Å². The van der Waals surface area contributed by atoms with Crippen LogP contribution < -0.4 is 5.73 Å². The highest BCUT2D eigenvalue weighted by molar-refractivity contribution is 5.73. The van der Waals surface area contributed by atoms with E-state index in [0.29, 0.717) is 17.0 Å². The first-order chi connectivity index (χ1) is 9.45. The molecule has 0 aliphatic heterocycles. The Morgan fingerprint density at radius 2 is 1.70 bits per heavy atom. The number of aromatic nitrogens is 2. The first-order valence-electron chi connectivity index (χ1n) is 6.26. The van der Waals surface area contributed by atoms with Gasteiger partial charge in [-0.25, -0.2) is 0 Å². The zero-order valence-corrected chi connectivity index (χ0v) is 10.5. The molecule has 1 aromatic carbocycles. The van der Waals surface area contributed by atoms with E-state index >= 15 is 0 Å². The van der Waals surface area contributed by atoms with E-state index in [0.717, 1.165) is 30.7 Å². The van der Waals surface area contributed by atoms with Crippen molar-refractivity contribution in [3.63, 3.8) is 0 Å². The molecule has 0 saturated heterocycles. The van der Waals surface area contributed by atoms with Crippen LogP contribution in [0, 0.1) is 0 Å². The first-order valence-corrected chi connectivity index (χ1v) is 6.26. The van der Waals surface area contributed by atoms with Gasteiger partial charge in [-0.1, -0.05) is 12.1 Å². The lowest BCUT2D eigenvalue weighted by molar-refractivity contribution is -0.137. The third-order valence-corrected chi connectivity index (χ3v) is 3.36. The van der Waals surface area contributed by atoms with Crippen LogP contribution in [-0.4, -0.2) is 10.2 Å². The van der Waals surface area contributed by atoms with Gasteiger partial charge in [-0.05, 0) is 36.6 Å². The number of rotatable bonds is 2. The summed E-state index contributed by atoms with van der Waals surface area (Å²) in [7, 11) is 0. The minimum absolute atomic E-state index is 0.231. The predicted molar refractivity (Wildman–Crippen MR) is 68.9 cm³/mol. The van der Waals surface area contributed by atoms with Crippen molar-refractivity contribution in [3.8, 4) is 11.1 Å². The standard InChI is InChI=1S/C14H12F3N3/c15-14(16,17)10-5-3-8(4-6-10)11-7-12(9-1-2-9)19-20-13(11)18/h3-7,9H,1-2H2,(H2,18,20). The molecule has 0 unspecified atom stereocenters. The molecule has 0 spiro atoms. The number of halogens is 3. The second kappa shape index (κ2) is 4.47. The van der Waals surface area contributed by atoms with Gasteiger partial charge in [0.1, 0.15) is 0 Å². The van der Waals surface area contributed by atoms with Gasteiger partial charge in [-0.3, -0.25) is 0 Å². The summed E-state index contributed by atoms with van der Waals surface area (Å²) in [5.41, 5.74) is 7.20. The SMILES string of the molecule is Nc1nnc(C2CC2)cc1-c1ccc(C(F)(F)F)cc1. The molecule has 3 nitrogen and oxygen atoms in total. The average molecular weight is 279 g/mol. The van der Waals surface area contributed by atoms with E-state index in [1.165, 1.54) is 12.1 Å². The summed E-state index contributed by atoms with van der Waals surface area (Å²) in [6.07, 6.45) is -2.18. The second-order valence-corrected chi connectivity index (χ2v) is 4.92. The number of benzene rings is 1. The van der Waals surface area contributed by atoms with E-state index in [-0.39, 0.29) is 5.82 Å². The van der Waals surface area contributed by atoms with Gasteiger partial charge in [0.25, 0.3) is 0 Å². The van der Waals surface area contributed by atoms with E-state index < -0.39 is 11.7 Å². The number of nitrogens with two attached hydrogens (primary N) is 1. The molecular weight excluding hydrogens is 267 g/mol. The van der Waals surface area contributed by atoms with E-state index in [2.05, 4.69) is 10.2 Å². The quantitative estimate of drug-likeness (QED) is 0.913. The van der Waals surface area contributed by atoms with Gasteiger partial charge in [0.2, 0.25) is 0 Å². The van der Waals surface area contributed by atoms with Crippen molar-refractivity contribution in [2.45, 2.75) is 24.9 Å². The molecule has 0 bridgehead atoms. The van der Waals surface area contributed by atoms with Crippen molar-refractivity contribution in [2.75, 3.05) is 5.73 Å². The fraction of sp³-hybridized carbons (Fsp3) is 0.286. The smallest absolute Gasteiger partial charge is 0.382 e. The van der Waals surface area contributed by atoms with Crippen molar-refractivity contribution in [3.05, 3.63) is 41.6 Å². The normalized spacial score (nSPS) is 15.3. The van der Waals surface area contributed by atoms with Crippen LogP contribution in [0.5, 0.6) is 0 Å². The van der Waals surface area contributed by atoms with Crippen LogP contribution in [-0.2, 0) is 6.18 Å². The maximum Gasteiger partial charge on any atom is 0.416 e. The number of anilines is 1. The van der Waals surface area contributed by atoms with Crippen LogP contribution in [0.1, 0.15) is 30.0 Å². The minimum Gasteiger partial charge on any atom is -0.382 e. The third kappa shape index (κ3) is 2.45. The molecule has 20 heavy (non-hydrogen) atoms. The molecule has 3 rings (SSSR count). The minimum atomic E-state index is -4.33. The molecule has 2 aromatic rings. The van der Waals surface area contributed by atoms with Gasteiger partial charge in [0.15, 0.2) is 5.82 Å². The number of hydrogen-bond donors (Lipinski definition) is 1. The number of nitrogens with zero attached hydrogens (tertiary/aromatic N) is 2. The van der Waals surface area contributed by atoms with Gasteiger partial charge in [0, 0.05) is 11.5 Å². The van der Waals surface area contributed by atoms with E-state index in [9.17, 15) is 13.2 Å². The zero-order chi connectivity index (χ0) is 14.3. The largest absolute Gasteiger partial charge is 0.416 e. The molecule has 6 heteroatoms. The second-order valence-electron chi connectivity index (χ2n) is 4.92. The van der Waals surface area contributed by atoms with Crippen molar-refractivity contribution in [2.24, 2.45) is 0 Å². The molecule has 1 saturated carbocycles. The van der Waals surface area contributed by atoms with Crippen LogP contribution in [0.4, 0.5) is 19.0 Å². The molecule has 1 heterocycles. The monoisotopic (exact) mass is 279 g/mol. The highest BCUT2D eigenvalue weighted by Crippen LogP contribution is 2.40. The highest BCUT2D eigenvalue weighted by atomic mass is 19.4. The fourth-order valence-electron chi connectivity index (χ4n) is 2.06. The Bertz CT molecular complexity index is 631. The topological polar surface area (TPSA) is 51.8 Å². The molecule has 0 radical (unpaired) electrons. The lowest BCUT2D eigenvalue weighted by Crippen LogP contribution is -2.04. The maximum absolute atomic E-state index is 12.5. The fourth-order valence-corrected chi connectivity index (χ4v) is 2.06. The van der Waals surface area contributed by atoms with Crippen LogP contribution in [0.25, 0.3) is 11.1 Å². The summed E-state index contributed by atoms with van der Waals surface area (Å²) in [6, 6.07) is 6.74. The zero-order valence-electron chi connectivity index (χ0n) is 10.5. The van der Waals surface area contributed by atoms with Crippen LogP contribution in [0.3, 0.4) is 0 Å². The average Bonchev–Trinajstić information content (AvgIpc) is 3.23. The van der Waals surface area contributed by atoms with Crippen molar-refractivity contribution in [1.29, 1.82) is 0 Å². The summed E-state index contributed by atoms with van der Waals surface area (Å²) in [6.45, 7) is 0. The molecule has 1 aromatic heterocycles. The molecular formula is C14H12F3N3. The predicted octanol–water partition coefficient (Wildman–Crippen LogP) is 3.62. The Kier molecular flexibility index (Phi) is 2.88. The molecule has 1 fully saturated rings. The molecule has 0 amide bonds. The van der Waals surface area contributed by atoms with Gasteiger partial charge in [-0.2, -0.15) is 18.3 Å². The lowest BCUT2D eigenvalue weighted by Gasteiger charge is -2.09. The summed E-state index contributed by atoms with van der Waals surface area (Å²) < 4.78 is 37.6. The van der Waals surface area contributed by atoms with Gasteiger partial charge >= 0.3 is 6.18 Å². The molecule has 1 aliphatic rings. The Morgan fingerprint density at radius 1 is 1.05 bits per heavy atom. The Labute approximate surface area is 113 Å². The van der Waals surface area contributed by atoms with Crippen LogP contribution in [0.15, 0.2) is 30.3 Å². The summed E-state index contributed by atoms with van der Waals surface area (Å²) in [5, 5.41) is 7.92. The summed E-state index contributed by atoms with van der Waals surface area (Å²) >= 11 is 0. The Hall–Kier alpha value is -2.11. The third-order valence-electron chi connectivity index (χ3n) is 3.36. The number of hydrogen-bond acceptors (Lipinski definition) is 3. The Balaban J connectivity index is 1.98. The van der Waals surface area contributed by atoms with Crippen LogP contribution >= 0.6 is 0 Å². The van der Waals surface area contributed by atoms with Crippen molar-refractivity contribution in [1.82, 2.24) is 10.2 Å². The van der Waals surface area contributed by atoms with E-state index in [1.54, 1.807) is 0 Å². The molecule has 104 valence electrons. The first kappa shape index (κ1) is 12.9. The number of nitrogen functional groups attached to an aromatic ring is 1. The van der Waals surface area contributed by atoms with E-state index in [1.807, 2.05) is 6.07 Å². The van der Waals surface area contributed by atoms with Crippen molar-refractivity contribution < 1.29 is 13.2 Å². The molecule has 1 aliphatic carbocycles.